The van der Waals surface area contributed by atoms with Crippen LogP contribution in [0, 0.1) is 0 Å². The lowest BCUT2D eigenvalue weighted by Crippen LogP contribution is -2.18. The van der Waals surface area contributed by atoms with Crippen LogP contribution < -0.4 is 0 Å². The predicted molar refractivity (Wildman–Crippen MR) is 46.5 cm³/mol. The molecule has 0 aliphatic carbocycles. The monoisotopic (exact) mass is 202 g/mol. The van der Waals surface area contributed by atoms with E-state index in [1.165, 1.54) is 13.8 Å². The van der Waals surface area contributed by atoms with Crippen LogP contribution in [0.4, 0.5) is 0 Å². The molecule has 0 saturated carbocycles. The van der Waals surface area contributed by atoms with Crippen molar-refractivity contribution in [2.45, 2.75) is 32.5 Å². The van der Waals surface area contributed by atoms with Gasteiger partial charge in [-0.2, -0.15) is 0 Å². The van der Waals surface area contributed by atoms with E-state index in [4.69, 9.17) is 14.2 Å². The van der Waals surface area contributed by atoms with Crippen LogP contribution in [-0.4, -0.2) is 37.4 Å². The van der Waals surface area contributed by atoms with E-state index in [-0.39, 0.29) is 30.8 Å². The number of rotatable bonds is 3. The SMILES string of the molecule is CC(=O)OCC1C[C@@H](OC(C)=O)CO1. The summed E-state index contributed by atoms with van der Waals surface area (Å²) in [5.41, 5.74) is 0. The molecule has 80 valence electrons. The number of carbonyl (C=O) groups excluding carboxylic acids is 2. The minimum atomic E-state index is -0.329. The summed E-state index contributed by atoms with van der Waals surface area (Å²) in [6.45, 7) is 3.32. The van der Waals surface area contributed by atoms with Gasteiger partial charge in [0.05, 0.1) is 12.7 Å². The Bertz CT molecular complexity index is 225. The molecular weight excluding hydrogens is 188 g/mol. The minimum absolute atomic E-state index is 0.150. The van der Waals surface area contributed by atoms with E-state index in [2.05, 4.69) is 0 Å². The third-order valence-electron chi connectivity index (χ3n) is 1.85. The van der Waals surface area contributed by atoms with Crippen LogP contribution in [0.25, 0.3) is 0 Å². The van der Waals surface area contributed by atoms with Gasteiger partial charge < -0.3 is 14.2 Å². The van der Waals surface area contributed by atoms with Gasteiger partial charge in [-0.15, -0.1) is 0 Å². The fourth-order valence-electron chi connectivity index (χ4n) is 1.32. The van der Waals surface area contributed by atoms with Gasteiger partial charge in [-0.25, -0.2) is 0 Å². The van der Waals surface area contributed by atoms with E-state index in [9.17, 15) is 9.59 Å². The molecule has 0 spiro atoms. The highest BCUT2D eigenvalue weighted by atomic mass is 16.6. The first-order valence-corrected chi connectivity index (χ1v) is 4.50. The van der Waals surface area contributed by atoms with Gasteiger partial charge >= 0.3 is 11.9 Å². The molecule has 1 aliphatic heterocycles. The summed E-state index contributed by atoms with van der Waals surface area (Å²) in [5.74, 6) is -0.642. The van der Waals surface area contributed by atoms with Crippen LogP contribution in [0.15, 0.2) is 0 Å². The second-order valence-corrected chi connectivity index (χ2v) is 3.23. The topological polar surface area (TPSA) is 61.8 Å². The quantitative estimate of drug-likeness (QED) is 0.615. The molecule has 0 aromatic rings. The first-order chi connectivity index (χ1) is 6.58. The second kappa shape index (κ2) is 4.95. The maximum Gasteiger partial charge on any atom is 0.302 e. The first-order valence-electron chi connectivity index (χ1n) is 4.50. The average molecular weight is 202 g/mol. The molecule has 1 unspecified atom stereocenters. The van der Waals surface area contributed by atoms with Crippen molar-refractivity contribution in [3.8, 4) is 0 Å². The van der Waals surface area contributed by atoms with Crippen molar-refractivity contribution in [1.82, 2.24) is 0 Å². The predicted octanol–water partition coefficient (Wildman–Crippen LogP) is 0.270. The lowest BCUT2D eigenvalue weighted by Gasteiger charge is -2.09. The molecule has 1 fully saturated rings. The normalized spacial score (nSPS) is 25.9. The number of hydrogen-bond acceptors (Lipinski definition) is 5. The Hall–Kier alpha value is -1.10. The van der Waals surface area contributed by atoms with Crippen molar-refractivity contribution < 1.29 is 23.8 Å². The number of esters is 2. The Morgan fingerprint density at radius 3 is 2.64 bits per heavy atom. The smallest absolute Gasteiger partial charge is 0.302 e. The maximum absolute atomic E-state index is 10.6. The van der Waals surface area contributed by atoms with Gasteiger partial charge in [0.2, 0.25) is 0 Å². The molecule has 0 amide bonds. The largest absolute Gasteiger partial charge is 0.463 e. The summed E-state index contributed by atoms with van der Waals surface area (Å²) < 4.78 is 15.0. The highest BCUT2D eigenvalue weighted by molar-refractivity contribution is 5.66. The van der Waals surface area contributed by atoms with E-state index < -0.39 is 0 Å². The zero-order valence-electron chi connectivity index (χ0n) is 8.32. The molecule has 1 heterocycles. The molecule has 5 heteroatoms. The number of carbonyl (C=O) groups is 2. The summed E-state index contributed by atoms with van der Waals surface area (Å²) in [7, 11) is 0. The molecule has 0 aromatic heterocycles. The minimum Gasteiger partial charge on any atom is -0.463 e. The zero-order chi connectivity index (χ0) is 10.6. The standard InChI is InChI=1S/C9H14O5/c1-6(10)12-4-8-3-9(5-13-8)14-7(2)11/h8-9H,3-5H2,1-2H3/t8?,9-/m1/s1. The van der Waals surface area contributed by atoms with Crippen molar-refractivity contribution in [3.63, 3.8) is 0 Å². The molecule has 0 aromatic carbocycles. The first kappa shape index (κ1) is 11.0. The fourth-order valence-corrected chi connectivity index (χ4v) is 1.32. The lowest BCUT2D eigenvalue weighted by molar-refractivity contribution is -0.146. The molecule has 1 saturated heterocycles. The van der Waals surface area contributed by atoms with Crippen LogP contribution in [0.2, 0.25) is 0 Å². The van der Waals surface area contributed by atoms with Crippen LogP contribution in [0.3, 0.4) is 0 Å². The number of hydrogen-bond donors (Lipinski definition) is 0. The Balaban J connectivity index is 2.20. The van der Waals surface area contributed by atoms with Crippen LogP contribution in [-0.2, 0) is 23.8 Å². The van der Waals surface area contributed by atoms with Crippen molar-refractivity contribution in [1.29, 1.82) is 0 Å². The summed E-state index contributed by atoms with van der Waals surface area (Å²) >= 11 is 0. The summed E-state index contributed by atoms with van der Waals surface area (Å²) in [6, 6.07) is 0. The number of ether oxygens (including phenoxy) is 3. The zero-order valence-corrected chi connectivity index (χ0v) is 8.32. The molecule has 2 atom stereocenters. The average Bonchev–Trinajstić information content (AvgIpc) is 2.47. The fraction of sp³-hybridized carbons (Fsp3) is 0.778. The van der Waals surface area contributed by atoms with E-state index in [1.807, 2.05) is 0 Å². The molecule has 14 heavy (non-hydrogen) atoms. The van der Waals surface area contributed by atoms with E-state index >= 15 is 0 Å². The van der Waals surface area contributed by atoms with Crippen molar-refractivity contribution in [3.05, 3.63) is 0 Å². The van der Waals surface area contributed by atoms with Gasteiger partial charge in [0.25, 0.3) is 0 Å². The van der Waals surface area contributed by atoms with Gasteiger partial charge in [0, 0.05) is 20.3 Å². The van der Waals surface area contributed by atoms with Gasteiger partial charge in [0.1, 0.15) is 12.7 Å². The highest BCUT2D eigenvalue weighted by Crippen LogP contribution is 2.16. The molecule has 5 nitrogen and oxygen atoms in total. The third-order valence-corrected chi connectivity index (χ3v) is 1.85. The van der Waals surface area contributed by atoms with Crippen molar-refractivity contribution in [2.24, 2.45) is 0 Å². The van der Waals surface area contributed by atoms with Crippen LogP contribution >= 0.6 is 0 Å². The van der Waals surface area contributed by atoms with Gasteiger partial charge in [-0.1, -0.05) is 0 Å². The molecule has 1 rings (SSSR count). The highest BCUT2D eigenvalue weighted by Gasteiger charge is 2.28. The molecule has 0 radical (unpaired) electrons. The van der Waals surface area contributed by atoms with E-state index in [1.54, 1.807) is 0 Å². The van der Waals surface area contributed by atoms with Gasteiger partial charge in [0.15, 0.2) is 0 Å². The van der Waals surface area contributed by atoms with E-state index in [0.717, 1.165) is 0 Å². The van der Waals surface area contributed by atoms with Gasteiger partial charge in [-0.05, 0) is 0 Å². The van der Waals surface area contributed by atoms with E-state index in [0.29, 0.717) is 13.0 Å². The summed E-state index contributed by atoms with van der Waals surface area (Å²) in [4.78, 5) is 21.1. The van der Waals surface area contributed by atoms with Gasteiger partial charge in [-0.3, -0.25) is 9.59 Å². The van der Waals surface area contributed by atoms with Crippen molar-refractivity contribution in [2.75, 3.05) is 13.2 Å². The summed E-state index contributed by atoms with van der Waals surface area (Å²) in [6.07, 6.45) is 0.239. The molecular formula is C9H14O5. The van der Waals surface area contributed by atoms with Crippen molar-refractivity contribution >= 4 is 11.9 Å². The molecule has 1 aliphatic rings. The Morgan fingerprint density at radius 1 is 1.36 bits per heavy atom. The Morgan fingerprint density at radius 2 is 2.07 bits per heavy atom. The van der Waals surface area contributed by atoms with Crippen LogP contribution in [0.5, 0.6) is 0 Å². The Labute approximate surface area is 82.3 Å². The lowest BCUT2D eigenvalue weighted by atomic mass is 10.2. The maximum atomic E-state index is 10.6. The van der Waals surface area contributed by atoms with Crippen LogP contribution in [0.1, 0.15) is 20.3 Å². The molecule has 0 bridgehead atoms. The molecule has 0 N–H and O–H groups in total. The second-order valence-electron chi connectivity index (χ2n) is 3.23. The Kier molecular flexibility index (Phi) is 3.88. The summed E-state index contributed by atoms with van der Waals surface area (Å²) in [5, 5.41) is 0. The third kappa shape index (κ3) is 3.74.